The van der Waals surface area contributed by atoms with Crippen LogP contribution in [0.25, 0.3) is 6.08 Å². The summed E-state index contributed by atoms with van der Waals surface area (Å²) in [6.45, 7) is 1.47. The van der Waals surface area contributed by atoms with E-state index in [0.717, 1.165) is 5.56 Å². The zero-order valence-electron chi connectivity index (χ0n) is 13.7. The number of carbonyl (C=O) groups excluding carboxylic acids is 2. The fraction of sp³-hybridized carbons (Fsp3) is 0.167. The Bertz CT molecular complexity index is 792. The van der Waals surface area contributed by atoms with Gasteiger partial charge in [-0.05, 0) is 31.2 Å². The molecule has 0 spiro atoms. The first-order valence-electron chi connectivity index (χ1n) is 7.44. The summed E-state index contributed by atoms with van der Waals surface area (Å²) in [7, 11) is 1.54. The molecule has 1 N–H and O–H groups in total. The average Bonchev–Trinajstić information content (AvgIpc) is 2.62. The molecular weight excluding hydrogens is 344 g/mol. The number of hydrogen-bond acceptors (Lipinski definition) is 5. The lowest BCUT2D eigenvalue weighted by atomic mass is 10.2. The second-order valence-corrected chi connectivity index (χ2v) is 5.34. The molecule has 0 saturated heterocycles. The monoisotopic (exact) mass is 360 g/mol. The van der Waals surface area contributed by atoms with E-state index in [1.54, 1.807) is 37.5 Å². The van der Waals surface area contributed by atoms with Crippen molar-refractivity contribution in [2.24, 2.45) is 0 Å². The Morgan fingerprint density at radius 2 is 2.00 bits per heavy atom. The first kappa shape index (κ1) is 18.5. The number of nitrogens with zero attached hydrogens (tertiary/aromatic N) is 1. The van der Waals surface area contributed by atoms with E-state index in [9.17, 15) is 9.59 Å². The quantitative estimate of drug-likeness (QED) is 0.485. The highest BCUT2D eigenvalue weighted by atomic mass is 35.5. The van der Waals surface area contributed by atoms with Gasteiger partial charge >= 0.3 is 5.97 Å². The number of ether oxygens (including phenoxy) is 2. The number of halogens is 1. The normalized spacial score (nSPS) is 11.8. The van der Waals surface area contributed by atoms with Crippen LogP contribution in [0, 0.1) is 0 Å². The summed E-state index contributed by atoms with van der Waals surface area (Å²) < 4.78 is 10.3. The molecule has 0 fully saturated rings. The van der Waals surface area contributed by atoms with Gasteiger partial charge in [0.05, 0.1) is 12.8 Å². The molecule has 25 heavy (non-hydrogen) atoms. The van der Waals surface area contributed by atoms with E-state index in [4.69, 9.17) is 21.1 Å². The molecule has 1 aromatic heterocycles. The number of nitrogens with one attached hydrogen (secondary N) is 1. The van der Waals surface area contributed by atoms with Gasteiger partial charge in [-0.25, -0.2) is 9.78 Å². The highest BCUT2D eigenvalue weighted by molar-refractivity contribution is 6.32. The SMILES string of the molecule is COc1ccccc1/C=C/C(=O)OC(C)C(=O)Nc1cccnc1Cl. The number of amides is 1. The van der Waals surface area contributed by atoms with E-state index in [-0.39, 0.29) is 5.15 Å². The molecule has 0 aliphatic rings. The van der Waals surface area contributed by atoms with Crippen molar-refractivity contribution in [1.29, 1.82) is 0 Å². The summed E-state index contributed by atoms with van der Waals surface area (Å²) in [5, 5.41) is 2.71. The first-order chi connectivity index (χ1) is 12.0. The molecule has 1 amide bonds. The fourth-order valence-corrected chi connectivity index (χ4v) is 2.11. The number of benzene rings is 1. The molecule has 6 nitrogen and oxygen atoms in total. The predicted molar refractivity (Wildman–Crippen MR) is 95.5 cm³/mol. The van der Waals surface area contributed by atoms with Gasteiger partial charge in [-0.3, -0.25) is 4.79 Å². The molecule has 130 valence electrons. The lowest BCUT2D eigenvalue weighted by Gasteiger charge is -2.12. The van der Waals surface area contributed by atoms with Crippen molar-refractivity contribution in [2.75, 3.05) is 12.4 Å². The van der Waals surface area contributed by atoms with Crippen LogP contribution in [-0.4, -0.2) is 30.1 Å². The third-order valence-electron chi connectivity index (χ3n) is 3.22. The number of para-hydroxylation sites is 1. The van der Waals surface area contributed by atoms with Crippen molar-refractivity contribution in [1.82, 2.24) is 4.98 Å². The van der Waals surface area contributed by atoms with Crippen molar-refractivity contribution in [3.8, 4) is 5.75 Å². The highest BCUT2D eigenvalue weighted by Crippen LogP contribution is 2.19. The van der Waals surface area contributed by atoms with Crippen LogP contribution < -0.4 is 10.1 Å². The van der Waals surface area contributed by atoms with E-state index >= 15 is 0 Å². The van der Waals surface area contributed by atoms with Crippen molar-refractivity contribution >= 4 is 35.2 Å². The second kappa shape index (κ2) is 8.84. The van der Waals surface area contributed by atoms with Crippen molar-refractivity contribution in [2.45, 2.75) is 13.0 Å². The molecule has 0 aliphatic carbocycles. The summed E-state index contributed by atoms with van der Waals surface area (Å²) in [5.41, 5.74) is 1.07. The number of aromatic nitrogens is 1. The molecule has 0 radical (unpaired) electrons. The zero-order valence-corrected chi connectivity index (χ0v) is 14.5. The standard InChI is InChI=1S/C18H17ClN2O4/c1-12(18(23)21-14-7-5-11-20-17(14)19)25-16(22)10-9-13-6-3-4-8-15(13)24-2/h3-12H,1-2H3,(H,21,23)/b10-9+. The van der Waals surface area contributed by atoms with Gasteiger partial charge in [-0.1, -0.05) is 29.8 Å². The Labute approximate surface area is 150 Å². The minimum Gasteiger partial charge on any atom is -0.496 e. The van der Waals surface area contributed by atoms with Crippen LogP contribution in [0.3, 0.4) is 0 Å². The molecule has 0 aliphatic heterocycles. The van der Waals surface area contributed by atoms with Crippen molar-refractivity contribution in [3.05, 3.63) is 59.4 Å². The van der Waals surface area contributed by atoms with Gasteiger partial charge in [0, 0.05) is 17.8 Å². The van der Waals surface area contributed by atoms with Gasteiger partial charge in [0.25, 0.3) is 5.91 Å². The largest absolute Gasteiger partial charge is 0.496 e. The van der Waals surface area contributed by atoms with Gasteiger partial charge in [-0.15, -0.1) is 0 Å². The Kier molecular flexibility index (Phi) is 6.54. The van der Waals surface area contributed by atoms with Crippen LogP contribution in [-0.2, 0) is 14.3 Å². The molecule has 7 heteroatoms. The molecule has 1 heterocycles. The Balaban J connectivity index is 1.94. The summed E-state index contributed by atoms with van der Waals surface area (Å²) >= 11 is 5.87. The van der Waals surface area contributed by atoms with Crippen molar-refractivity contribution in [3.63, 3.8) is 0 Å². The topological polar surface area (TPSA) is 77.5 Å². The van der Waals surface area contributed by atoms with Crippen LogP contribution in [0.15, 0.2) is 48.7 Å². The summed E-state index contributed by atoms with van der Waals surface area (Å²) in [6, 6.07) is 10.4. The van der Waals surface area contributed by atoms with Gasteiger partial charge in [-0.2, -0.15) is 0 Å². The number of carbonyl (C=O) groups is 2. The molecule has 2 aromatic rings. The van der Waals surface area contributed by atoms with E-state index in [1.807, 2.05) is 12.1 Å². The van der Waals surface area contributed by atoms with Gasteiger partial charge in [0.1, 0.15) is 5.75 Å². The maximum absolute atomic E-state index is 12.1. The maximum atomic E-state index is 12.1. The maximum Gasteiger partial charge on any atom is 0.331 e. The number of rotatable bonds is 6. The van der Waals surface area contributed by atoms with Crippen LogP contribution in [0.4, 0.5) is 5.69 Å². The molecule has 1 unspecified atom stereocenters. The minimum absolute atomic E-state index is 0.158. The number of anilines is 1. The number of esters is 1. The summed E-state index contributed by atoms with van der Waals surface area (Å²) in [4.78, 5) is 27.8. The van der Waals surface area contributed by atoms with E-state index in [1.165, 1.54) is 19.2 Å². The molecule has 1 aromatic carbocycles. The lowest BCUT2D eigenvalue weighted by molar-refractivity contribution is -0.148. The molecule has 1 atom stereocenters. The molecule has 0 saturated carbocycles. The molecule has 2 rings (SSSR count). The molecule has 0 bridgehead atoms. The number of pyridine rings is 1. The van der Waals surface area contributed by atoms with Gasteiger partial charge in [0.2, 0.25) is 0 Å². The number of hydrogen-bond donors (Lipinski definition) is 1. The van der Waals surface area contributed by atoms with Gasteiger partial charge in [0.15, 0.2) is 11.3 Å². The third kappa shape index (κ3) is 5.32. The van der Waals surface area contributed by atoms with Crippen LogP contribution in [0.5, 0.6) is 5.75 Å². The summed E-state index contributed by atoms with van der Waals surface area (Å²) in [5.74, 6) is -0.525. The number of methoxy groups -OCH3 is 1. The predicted octanol–water partition coefficient (Wildman–Crippen LogP) is 3.33. The van der Waals surface area contributed by atoms with Crippen molar-refractivity contribution < 1.29 is 19.1 Å². The zero-order chi connectivity index (χ0) is 18.2. The average molecular weight is 361 g/mol. The van der Waals surface area contributed by atoms with Crippen LogP contribution >= 0.6 is 11.6 Å². The minimum atomic E-state index is -0.994. The van der Waals surface area contributed by atoms with Crippen LogP contribution in [0.2, 0.25) is 5.15 Å². The van der Waals surface area contributed by atoms with E-state index < -0.39 is 18.0 Å². The highest BCUT2D eigenvalue weighted by Gasteiger charge is 2.17. The second-order valence-electron chi connectivity index (χ2n) is 4.99. The van der Waals surface area contributed by atoms with E-state index in [2.05, 4.69) is 10.3 Å². The first-order valence-corrected chi connectivity index (χ1v) is 7.82. The Hall–Kier alpha value is -2.86. The fourth-order valence-electron chi connectivity index (χ4n) is 1.94. The Morgan fingerprint density at radius 3 is 2.72 bits per heavy atom. The Morgan fingerprint density at radius 1 is 1.24 bits per heavy atom. The molecular formula is C18H17ClN2O4. The van der Waals surface area contributed by atoms with Crippen LogP contribution in [0.1, 0.15) is 12.5 Å². The van der Waals surface area contributed by atoms with Gasteiger partial charge < -0.3 is 14.8 Å². The lowest BCUT2D eigenvalue weighted by Crippen LogP contribution is -2.29. The summed E-state index contributed by atoms with van der Waals surface area (Å²) in [6.07, 6.45) is 3.30. The smallest absolute Gasteiger partial charge is 0.331 e. The third-order valence-corrected chi connectivity index (χ3v) is 3.52. The van der Waals surface area contributed by atoms with E-state index in [0.29, 0.717) is 11.4 Å².